The van der Waals surface area contributed by atoms with Crippen LogP contribution in [-0.2, 0) is 4.79 Å². The lowest BCUT2D eigenvalue weighted by molar-refractivity contribution is -0.116. The Balaban J connectivity index is 1.46. The summed E-state index contributed by atoms with van der Waals surface area (Å²) in [5.41, 5.74) is 1.80. The Kier molecular flexibility index (Phi) is 5.21. The van der Waals surface area contributed by atoms with Crippen LogP contribution in [-0.4, -0.2) is 32.7 Å². The van der Waals surface area contributed by atoms with E-state index in [2.05, 4.69) is 10.2 Å². The zero-order valence-electron chi connectivity index (χ0n) is 13.8. The largest absolute Gasteiger partial charge is 0.494 e. The normalized spacial score (nSPS) is 13.0. The van der Waals surface area contributed by atoms with Gasteiger partial charge in [-0.25, -0.2) is 0 Å². The first-order valence-electron chi connectivity index (χ1n) is 8.18. The van der Waals surface area contributed by atoms with Crippen molar-refractivity contribution in [1.29, 1.82) is 0 Å². The fourth-order valence-corrected chi connectivity index (χ4v) is 2.59. The van der Waals surface area contributed by atoms with Crippen LogP contribution in [0.1, 0.15) is 12.8 Å². The minimum atomic E-state index is -0.00834. The third-order valence-electron chi connectivity index (χ3n) is 3.90. The molecule has 0 aliphatic carbocycles. The van der Waals surface area contributed by atoms with E-state index in [0.717, 1.165) is 29.4 Å². The van der Waals surface area contributed by atoms with Gasteiger partial charge in [-0.2, -0.15) is 0 Å². The maximum Gasteiger partial charge on any atom is 0.224 e. The van der Waals surface area contributed by atoms with Gasteiger partial charge in [-0.1, -0.05) is 18.2 Å². The van der Waals surface area contributed by atoms with Gasteiger partial charge in [-0.05, 0) is 36.8 Å². The lowest BCUT2D eigenvalue weighted by atomic mass is 10.2. The Morgan fingerprint density at radius 2 is 2.08 bits per heavy atom. The van der Waals surface area contributed by atoms with Gasteiger partial charge in [0.25, 0.3) is 0 Å². The molecule has 0 unspecified atom stereocenters. The zero-order chi connectivity index (χ0) is 16.8. The first-order chi connectivity index (χ1) is 11.7. The van der Waals surface area contributed by atoms with Crippen molar-refractivity contribution in [3.8, 4) is 11.5 Å². The number of anilines is 2. The molecule has 0 saturated carbocycles. The molecule has 0 radical (unpaired) electrons. The van der Waals surface area contributed by atoms with Crippen molar-refractivity contribution in [2.75, 3.05) is 37.0 Å². The number of carbonyl (C=O) groups is 1. The number of para-hydroxylation sites is 1. The molecule has 24 heavy (non-hydrogen) atoms. The highest BCUT2D eigenvalue weighted by Gasteiger charge is 2.15. The molecule has 1 amide bonds. The minimum absolute atomic E-state index is 0.00834. The van der Waals surface area contributed by atoms with Crippen molar-refractivity contribution in [2.24, 2.45) is 0 Å². The number of fused-ring (bicyclic) bond motifs is 1. The molecule has 126 valence electrons. The van der Waals surface area contributed by atoms with E-state index in [-0.39, 0.29) is 5.91 Å². The van der Waals surface area contributed by atoms with Crippen molar-refractivity contribution in [3.63, 3.8) is 0 Å². The summed E-state index contributed by atoms with van der Waals surface area (Å²) in [6, 6.07) is 15.3. The van der Waals surface area contributed by atoms with E-state index >= 15 is 0 Å². The predicted octanol–water partition coefficient (Wildman–Crippen LogP) is 3.31. The monoisotopic (exact) mass is 326 g/mol. The molecule has 2 aromatic carbocycles. The van der Waals surface area contributed by atoms with Gasteiger partial charge in [0.05, 0.1) is 18.8 Å². The zero-order valence-corrected chi connectivity index (χ0v) is 13.8. The highest BCUT2D eigenvalue weighted by molar-refractivity contribution is 5.91. The average Bonchev–Trinajstić information content (AvgIpc) is 2.60. The van der Waals surface area contributed by atoms with Gasteiger partial charge in [0, 0.05) is 19.2 Å². The van der Waals surface area contributed by atoms with Crippen molar-refractivity contribution >= 4 is 17.3 Å². The number of ether oxygens (including phenoxy) is 2. The van der Waals surface area contributed by atoms with Crippen LogP contribution in [0.25, 0.3) is 0 Å². The maximum atomic E-state index is 12.1. The number of nitrogens with zero attached hydrogens (tertiary/aromatic N) is 1. The first kappa shape index (κ1) is 16.2. The number of rotatable bonds is 6. The highest BCUT2D eigenvalue weighted by Crippen LogP contribution is 2.33. The van der Waals surface area contributed by atoms with E-state index in [4.69, 9.17) is 9.47 Å². The molecule has 1 aliphatic rings. The van der Waals surface area contributed by atoms with Gasteiger partial charge >= 0.3 is 0 Å². The fraction of sp³-hybridized carbons (Fsp3) is 0.316. The maximum absolute atomic E-state index is 12.1. The molecular formula is C19H22N2O3. The number of benzene rings is 2. The standard InChI is InChI=1S/C19H22N2O3/c1-21-11-13-24-18-10-9-15(14-17(18)21)20-19(22)8-5-12-23-16-6-3-2-4-7-16/h2-4,6-7,9-10,14H,5,8,11-13H2,1H3,(H,20,22). The summed E-state index contributed by atoms with van der Waals surface area (Å²) in [6.07, 6.45) is 1.10. The fourth-order valence-electron chi connectivity index (χ4n) is 2.59. The Hall–Kier alpha value is -2.69. The lowest BCUT2D eigenvalue weighted by Crippen LogP contribution is -2.28. The second kappa shape index (κ2) is 7.73. The molecule has 3 rings (SSSR count). The van der Waals surface area contributed by atoms with E-state index in [1.807, 2.05) is 55.6 Å². The van der Waals surface area contributed by atoms with E-state index < -0.39 is 0 Å². The smallest absolute Gasteiger partial charge is 0.224 e. The lowest BCUT2D eigenvalue weighted by Gasteiger charge is -2.28. The van der Waals surface area contributed by atoms with Crippen LogP contribution in [0, 0.1) is 0 Å². The Bertz CT molecular complexity index is 688. The third-order valence-corrected chi connectivity index (χ3v) is 3.90. The van der Waals surface area contributed by atoms with Crippen LogP contribution in [0.3, 0.4) is 0 Å². The Labute approximate surface area is 142 Å². The average molecular weight is 326 g/mol. The molecule has 1 aliphatic heterocycles. The van der Waals surface area contributed by atoms with E-state index in [1.165, 1.54) is 0 Å². The van der Waals surface area contributed by atoms with Gasteiger partial charge in [-0.3, -0.25) is 4.79 Å². The minimum Gasteiger partial charge on any atom is -0.494 e. The first-order valence-corrected chi connectivity index (χ1v) is 8.18. The van der Waals surface area contributed by atoms with E-state index in [0.29, 0.717) is 26.1 Å². The molecule has 0 atom stereocenters. The molecule has 0 spiro atoms. The van der Waals surface area contributed by atoms with Crippen LogP contribution in [0.5, 0.6) is 11.5 Å². The summed E-state index contributed by atoms with van der Waals surface area (Å²) in [5, 5.41) is 2.93. The van der Waals surface area contributed by atoms with Crippen LogP contribution >= 0.6 is 0 Å². The van der Waals surface area contributed by atoms with Crippen molar-refractivity contribution in [1.82, 2.24) is 0 Å². The molecular weight excluding hydrogens is 304 g/mol. The SMILES string of the molecule is CN1CCOc2ccc(NC(=O)CCCOc3ccccc3)cc21. The number of hydrogen-bond acceptors (Lipinski definition) is 4. The molecule has 5 nitrogen and oxygen atoms in total. The van der Waals surface area contributed by atoms with Gasteiger partial charge in [0.2, 0.25) is 5.91 Å². The van der Waals surface area contributed by atoms with E-state index in [9.17, 15) is 4.79 Å². The quantitative estimate of drug-likeness (QED) is 0.828. The van der Waals surface area contributed by atoms with E-state index in [1.54, 1.807) is 0 Å². The summed E-state index contributed by atoms with van der Waals surface area (Å²) in [5.74, 6) is 1.68. The molecule has 0 fully saturated rings. The molecule has 0 aromatic heterocycles. The third kappa shape index (κ3) is 4.19. The second-order valence-electron chi connectivity index (χ2n) is 5.77. The summed E-state index contributed by atoms with van der Waals surface area (Å²) in [4.78, 5) is 14.2. The number of amides is 1. The summed E-state index contributed by atoms with van der Waals surface area (Å²) < 4.78 is 11.2. The number of likely N-dealkylation sites (N-methyl/N-ethyl adjacent to an activating group) is 1. The second-order valence-corrected chi connectivity index (χ2v) is 5.77. The van der Waals surface area contributed by atoms with Gasteiger partial charge in [0.15, 0.2) is 0 Å². The summed E-state index contributed by atoms with van der Waals surface area (Å²) in [7, 11) is 2.02. The van der Waals surface area contributed by atoms with Crippen molar-refractivity contribution in [3.05, 3.63) is 48.5 Å². The molecule has 5 heteroatoms. The van der Waals surface area contributed by atoms with Gasteiger partial charge < -0.3 is 19.7 Å². The van der Waals surface area contributed by atoms with Gasteiger partial charge in [0.1, 0.15) is 18.1 Å². The molecule has 1 heterocycles. The number of hydrogen-bond donors (Lipinski definition) is 1. The van der Waals surface area contributed by atoms with Crippen molar-refractivity contribution < 1.29 is 14.3 Å². The summed E-state index contributed by atoms with van der Waals surface area (Å²) in [6.45, 7) is 2.07. The Morgan fingerprint density at radius 1 is 1.25 bits per heavy atom. The molecule has 1 N–H and O–H groups in total. The number of nitrogens with one attached hydrogen (secondary N) is 1. The Morgan fingerprint density at radius 3 is 2.92 bits per heavy atom. The number of carbonyl (C=O) groups excluding carboxylic acids is 1. The summed E-state index contributed by atoms with van der Waals surface area (Å²) >= 11 is 0. The van der Waals surface area contributed by atoms with Crippen LogP contribution < -0.4 is 19.7 Å². The highest BCUT2D eigenvalue weighted by atomic mass is 16.5. The topological polar surface area (TPSA) is 50.8 Å². The van der Waals surface area contributed by atoms with Crippen molar-refractivity contribution in [2.45, 2.75) is 12.8 Å². The van der Waals surface area contributed by atoms with Crippen LogP contribution in [0.2, 0.25) is 0 Å². The van der Waals surface area contributed by atoms with Crippen LogP contribution in [0.4, 0.5) is 11.4 Å². The predicted molar refractivity (Wildman–Crippen MR) is 95.0 cm³/mol. The molecule has 2 aromatic rings. The van der Waals surface area contributed by atoms with Crippen LogP contribution in [0.15, 0.2) is 48.5 Å². The van der Waals surface area contributed by atoms with Gasteiger partial charge in [-0.15, -0.1) is 0 Å². The molecule has 0 saturated heterocycles. The molecule has 0 bridgehead atoms.